The van der Waals surface area contributed by atoms with Crippen molar-refractivity contribution in [2.45, 2.75) is 32.9 Å². The smallest absolute Gasteiger partial charge is 0.164 e. The first-order valence-electron chi connectivity index (χ1n) is 5.95. The van der Waals surface area contributed by atoms with Crippen LogP contribution >= 0.6 is 15.9 Å². The first-order chi connectivity index (χ1) is 8.84. The maximum absolute atomic E-state index is 13.3. The van der Waals surface area contributed by atoms with Gasteiger partial charge in [0.25, 0.3) is 0 Å². The Hall–Kier alpha value is -1.27. The number of aromatic nitrogens is 3. The zero-order chi connectivity index (χ0) is 14.2. The second-order valence-corrected chi connectivity index (χ2v) is 6.13. The topological polar surface area (TPSA) is 56.7 Å². The van der Waals surface area contributed by atoms with Crippen molar-refractivity contribution < 1.29 is 4.39 Å². The third-order valence-electron chi connectivity index (χ3n) is 2.76. The van der Waals surface area contributed by atoms with Crippen LogP contribution in [0, 0.1) is 5.82 Å². The average Bonchev–Trinajstić information content (AvgIpc) is 2.76. The number of rotatable bonds is 2. The molecule has 0 amide bonds. The fraction of sp³-hybridized carbons (Fsp3) is 0.385. The van der Waals surface area contributed by atoms with E-state index in [1.165, 1.54) is 6.07 Å². The van der Waals surface area contributed by atoms with Crippen LogP contribution in [0.5, 0.6) is 0 Å². The van der Waals surface area contributed by atoms with Crippen LogP contribution in [-0.4, -0.2) is 14.8 Å². The summed E-state index contributed by atoms with van der Waals surface area (Å²) in [6.07, 6.45) is 0. The van der Waals surface area contributed by atoms with Gasteiger partial charge in [-0.25, -0.2) is 4.39 Å². The molecule has 0 bridgehead atoms. The highest BCUT2D eigenvalue weighted by Gasteiger charge is 2.23. The van der Waals surface area contributed by atoms with E-state index in [0.29, 0.717) is 22.7 Å². The molecule has 0 aliphatic heterocycles. The maximum atomic E-state index is 13.3. The highest BCUT2D eigenvalue weighted by atomic mass is 79.9. The molecule has 2 aromatic rings. The summed E-state index contributed by atoms with van der Waals surface area (Å²) in [5.74, 6) is 1.10. The Balaban J connectivity index is 2.62. The van der Waals surface area contributed by atoms with Crippen LogP contribution in [0.15, 0.2) is 22.7 Å². The first-order valence-corrected chi connectivity index (χ1v) is 6.74. The predicted molar refractivity (Wildman–Crippen MR) is 76.0 cm³/mol. The van der Waals surface area contributed by atoms with Gasteiger partial charge in [0.15, 0.2) is 5.82 Å². The van der Waals surface area contributed by atoms with Gasteiger partial charge in [-0.2, -0.15) is 0 Å². The molecule has 0 radical (unpaired) electrons. The Morgan fingerprint density at radius 2 is 2.00 bits per heavy atom. The van der Waals surface area contributed by atoms with Crippen molar-refractivity contribution in [1.82, 2.24) is 14.8 Å². The number of nitrogens with zero attached hydrogens (tertiary/aromatic N) is 3. The summed E-state index contributed by atoms with van der Waals surface area (Å²) in [7, 11) is 0. The highest BCUT2D eigenvalue weighted by Crippen LogP contribution is 2.28. The predicted octanol–water partition coefficient (Wildman–Crippen LogP) is 3.06. The molecule has 1 heterocycles. The monoisotopic (exact) mass is 326 g/mol. The Labute approximate surface area is 120 Å². The van der Waals surface area contributed by atoms with E-state index in [9.17, 15) is 4.39 Å². The molecule has 0 saturated carbocycles. The van der Waals surface area contributed by atoms with Gasteiger partial charge in [0.2, 0.25) is 0 Å². The number of halogens is 2. The zero-order valence-corrected chi connectivity index (χ0v) is 12.7. The van der Waals surface area contributed by atoms with Crippen LogP contribution in [0.2, 0.25) is 0 Å². The fourth-order valence-electron chi connectivity index (χ4n) is 1.98. The third kappa shape index (κ3) is 2.69. The normalized spacial score (nSPS) is 11.9. The molecule has 102 valence electrons. The van der Waals surface area contributed by atoms with Crippen molar-refractivity contribution >= 4 is 15.9 Å². The maximum Gasteiger partial charge on any atom is 0.164 e. The van der Waals surface area contributed by atoms with E-state index in [0.717, 1.165) is 5.56 Å². The average molecular weight is 327 g/mol. The van der Waals surface area contributed by atoms with Crippen LogP contribution in [0.3, 0.4) is 0 Å². The van der Waals surface area contributed by atoms with Crippen LogP contribution in [0.4, 0.5) is 4.39 Å². The van der Waals surface area contributed by atoms with E-state index in [2.05, 4.69) is 46.9 Å². The Kier molecular flexibility index (Phi) is 3.73. The quantitative estimate of drug-likeness (QED) is 0.922. The molecule has 0 atom stereocenters. The van der Waals surface area contributed by atoms with Crippen molar-refractivity contribution in [3.05, 3.63) is 34.3 Å². The second kappa shape index (κ2) is 5.02. The Bertz CT molecular complexity index is 601. The summed E-state index contributed by atoms with van der Waals surface area (Å²) in [6, 6.07) is 4.79. The largest absolute Gasteiger partial charge is 0.324 e. The molecule has 2 rings (SSSR count). The fourth-order valence-corrected chi connectivity index (χ4v) is 2.35. The van der Waals surface area contributed by atoms with Crippen LogP contribution < -0.4 is 5.73 Å². The van der Waals surface area contributed by atoms with Gasteiger partial charge in [-0.05, 0) is 54.9 Å². The summed E-state index contributed by atoms with van der Waals surface area (Å²) in [5, 5.41) is 8.29. The Morgan fingerprint density at radius 3 is 2.53 bits per heavy atom. The molecule has 1 aromatic heterocycles. The van der Waals surface area contributed by atoms with E-state index in [-0.39, 0.29) is 11.4 Å². The number of hydrogen-bond donors (Lipinski definition) is 1. The summed E-state index contributed by atoms with van der Waals surface area (Å²) in [4.78, 5) is 0. The minimum absolute atomic E-state index is 0.200. The molecule has 0 aliphatic rings. The molecule has 6 heteroatoms. The van der Waals surface area contributed by atoms with Crippen molar-refractivity contribution in [3.8, 4) is 11.4 Å². The third-order valence-corrected chi connectivity index (χ3v) is 3.37. The summed E-state index contributed by atoms with van der Waals surface area (Å²) in [6.45, 7) is 6.47. The minimum Gasteiger partial charge on any atom is -0.324 e. The molecule has 0 fully saturated rings. The summed E-state index contributed by atoms with van der Waals surface area (Å²) >= 11 is 3.19. The van der Waals surface area contributed by atoms with Gasteiger partial charge < -0.3 is 10.3 Å². The summed E-state index contributed by atoms with van der Waals surface area (Å²) < 4.78 is 15.7. The van der Waals surface area contributed by atoms with Gasteiger partial charge in [0.05, 0.1) is 11.0 Å². The molecule has 0 spiro atoms. The van der Waals surface area contributed by atoms with Gasteiger partial charge in [0, 0.05) is 11.1 Å². The number of nitrogens with two attached hydrogens (primary N) is 1. The SMILES string of the molecule is CC(C)(C)n1c(CN)nnc1-c1ccc(F)c(Br)c1. The van der Waals surface area contributed by atoms with Gasteiger partial charge in [-0.1, -0.05) is 0 Å². The van der Waals surface area contributed by atoms with Gasteiger partial charge in [0.1, 0.15) is 11.6 Å². The molecular formula is C13H16BrFN4. The van der Waals surface area contributed by atoms with Crippen molar-refractivity contribution in [3.63, 3.8) is 0 Å². The molecule has 0 saturated heterocycles. The van der Waals surface area contributed by atoms with Crippen molar-refractivity contribution in [2.24, 2.45) is 5.73 Å². The lowest BCUT2D eigenvalue weighted by molar-refractivity contribution is 0.386. The molecule has 4 nitrogen and oxygen atoms in total. The molecular weight excluding hydrogens is 311 g/mol. The molecule has 0 unspecified atom stereocenters. The minimum atomic E-state index is -0.301. The van der Waals surface area contributed by atoms with E-state index < -0.39 is 0 Å². The number of benzene rings is 1. The second-order valence-electron chi connectivity index (χ2n) is 5.28. The molecule has 0 aliphatic carbocycles. The highest BCUT2D eigenvalue weighted by molar-refractivity contribution is 9.10. The van der Waals surface area contributed by atoms with Gasteiger partial charge in [-0.15, -0.1) is 10.2 Å². The van der Waals surface area contributed by atoms with E-state index in [4.69, 9.17) is 5.73 Å². The van der Waals surface area contributed by atoms with Crippen LogP contribution in [-0.2, 0) is 12.1 Å². The molecule has 1 aromatic carbocycles. The number of hydrogen-bond acceptors (Lipinski definition) is 3. The van der Waals surface area contributed by atoms with Crippen molar-refractivity contribution in [1.29, 1.82) is 0 Å². The molecule has 19 heavy (non-hydrogen) atoms. The van der Waals surface area contributed by atoms with Gasteiger partial charge in [-0.3, -0.25) is 0 Å². The Morgan fingerprint density at radius 1 is 1.32 bits per heavy atom. The van der Waals surface area contributed by atoms with Crippen LogP contribution in [0.1, 0.15) is 26.6 Å². The van der Waals surface area contributed by atoms with Gasteiger partial charge >= 0.3 is 0 Å². The lowest BCUT2D eigenvalue weighted by Gasteiger charge is -2.24. The van der Waals surface area contributed by atoms with Crippen molar-refractivity contribution in [2.75, 3.05) is 0 Å². The zero-order valence-electron chi connectivity index (χ0n) is 11.1. The lowest BCUT2D eigenvalue weighted by Crippen LogP contribution is -2.26. The van der Waals surface area contributed by atoms with E-state index in [1.54, 1.807) is 12.1 Å². The lowest BCUT2D eigenvalue weighted by atomic mass is 10.1. The summed E-state index contributed by atoms with van der Waals surface area (Å²) in [5.41, 5.74) is 6.30. The first kappa shape index (κ1) is 14.1. The van der Waals surface area contributed by atoms with E-state index >= 15 is 0 Å². The van der Waals surface area contributed by atoms with Crippen LogP contribution in [0.25, 0.3) is 11.4 Å². The molecule has 2 N–H and O–H groups in total. The standard InChI is InChI=1S/C13H16BrFN4/c1-13(2,3)19-11(7-16)17-18-12(19)8-4-5-10(15)9(14)6-8/h4-6H,7,16H2,1-3H3. The van der Waals surface area contributed by atoms with E-state index in [1.807, 2.05) is 4.57 Å².